The first-order chi connectivity index (χ1) is 16.9. The molecule has 2 aliphatic heterocycles. The maximum absolute atomic E-state index is 14.0. The van der Waals surface area contributed by atoms with Gasteiger partial charge < -0.3 is 4.74 Å². The lowest BCUT2D eigenvalue weighted by Crippen LogP contribution is -2.51. The van der Waals surface area contributed by atoms with Crippen LogP contribution in [0.4, 0.5) is 10.1 Å². The Kier molecular flexibility index (Phi) is 4.63. The zero-order valence-electron chi connectivity index (χ0n) is 18.7. The molecule has 0 aromatic heterocycles. The quantitative estimate of drug-likeness (QED) is 0.427. The van der Waals surface area contributed by atoms with Gasteiger partial charge in [-0.1, -0.05) is 61.5 Å². The highest BCUT2D eigenvalue weighted by Gasteiger charge is 2.74. The fraction of sp³-hybridized carbons (Fsp3) is 0.214. The van der Waals surface area contributed by atoms with Crippen LogP contribution >= 0.6 is 0 Å². The number of hydrogen-bond donors (Lipinski definition) is 0. The van der Waals surface area contributed by atoms with Crippen LogP contribution in [0, 0.1) is 17.7 Å². The van der Waals surface area contributed by atoms with Gasteiger partial charge in [0.15, 0.2) is 0 Å². The molecule has 0 radical (unpaired) electrons. The predicted molar refractivity (Wildman–Crippen MR) is 123 cm³/mol. The number of ether oxygens (including phenoxy) is 1. The smallest absolute Gasteiger partial charge is 0.241 e. The largest absolute Gasteiger partial charge is 0.349 e. The lowest BCUT2D eigenvalue weighted by atomic mass is 9.77. The van der Waals surface area contributed by atoms with Gasteiger partial charge in [-0.3, -0.25) is 19.2 Å². The van der Waals surface area contributed by atoms with Gasteiger partial charge in [0.05, 0.1) is 23.6 Å². The summed E-state index contributed by atoms with van der Waals surface area (Å²) in [4.78, 5) is 56.4. The number of rotatable bonds is 3. The maximum Gasteiger partial charge on any atom is 0.241 e. The third kappa shape index (κ3) is 2.73. The lowest BCUT2D eigenvalue weighted by molar-refractivity contribution is -0.127. The number of fused-ring (bicyclic) bond motifs is 3. The maximum atomic E-state index is 14.0. The number of anilines is 1. The van der Waals surface area contributed by atoms with Gasteiger partial charge in [0.2, 0.25) is 29.0 Å². The normalized spacial score (nSPS) is 24.4. The average molecular weight is 469 g/mol. The van der Waals surface area contributed by atoms with Crippen molar-refractivity contribution in [1.82, 2.24) is 0 Å². The molecule has 174 valence electrons. The zero-order chi connectivity index (χ0) is 24.5. The minimum atomic E-state index is -2.14. The number of ketones is 2. The van der Waals surface area contributed by atoms with E-state index in [1.807, 2.05) is 19.1 Å². The first-order valence-corrected chi connectivity index (χ1v) is 11.5. The minimum Gasteiger partial charge on any atom is -0.349 e. The minimum absolute atomic E-state index is 0.170. The Morgan fingerprint density at radius 1 is 0.829 bits per heavy atom. The molecule has 2 saturated heterocycles. The van der Waals surface area contributed by atoms with Crippen molar-refractivity contribution in [3.8, 4) is 0 Å². The number of carbonyl (C=O) groups excluding carboxylic acids is 4. The van der Waals surface area contributed by atoms with E-state index in [0.29, 0.717) is 17.7 Å². The molecule has 1 spiro atoms. The van der Waals surface area contributed by atoms with Crippen LogP contribution in [0.3, 0.4) is 0 Å². The van der Waals surface area contributed by atoms with Gasteiger partial charge in [-0.25, -0.2) is 9.29 Å². The zero-order valence-corrected chi connectivity index (χ0v) is 18.7. The summed E-state index contributed by atoms with van der Waals surface area (Å²) in [6.45, 7) is 1.91. The van der Waals surface area contributed by atoms with Gasteiger partial charge in [-0.15, -0.1) is 0 Å². The van der Waals surface area contributed by atoms with Crippen molar-refractivity contribution in [2.45, 2.75) is 25.0 Å². The third-order valence-corrected chi connectivity index (χ3v) is 7.33. The van der Waals surface area contributed by atoms with Crippen molar-refractivity contribution < 1.29 is 28.3 Å². The van der Waals surface area contributed by atoms with Gasteiger partial charge in [-0.2, -0.15) is 0 Å². The topological polar surface area (TPSA) is 80.8 Å². The first kappa shape index (κ1) is 21.6. The number of imide groups is 1. The lowest BCUT2D eigenvalue weighted by Gasteiger charge is -2.28. The molecule has 35 heavy (non-hydrogen) atoms. The van der Waals surface area contributed by atoms with Gasteiger partial charge >= 0.3 is 0 Å². The Bertz CT molecular complexity index is 1390. The number of hydrogen-bond acceptors (Lipinski definition) is 5. The van der Waals surface area contributed by atoms with Crippen molar-refractivity contribution in [2.75, 3.05) is 4.90 Å². The molecule has 0 N–H and O–H groups in total. The summed E-state index contributed by atoms with van der Waals surface area (Å²) >= 11 is 0. The molecule has 0 unspecified atom stereocenters. The average Bonchev–Trinajstić information content (AvgIpc) is 3.44. The molecule has 3 aromatic carbocycles. The van der Waals surface area contributed by atoms with Crippen LogP contribution in [-0.2, 0) is 20.7 Å². The summed E-state index contributed by atoms with van der Waals surface area (Å²) in [5.74, 6) is -5.34. The molecule has 3 aliphatic rings. The number of aryl methyl sites for hydroxylation is 1. The van der Waals surface area contributed by atoms with Gasteiger partial charge in [0.25, 0.3) is 0 Å². The Labute approximate surface area is 200 Å². The molecule has 2 fully saturated rings. The Morgan fingerprint density at radius 3 is 2.06 bits per heavy atom. The molecular weight excluding hydrogens is 449 g/mol. The molecule has 7 heteroatoms. The summed E-state index contributed by atoms with van der Waals surface area (Å²) in [6.07, 6.45) is -0.493. The number of Topliss-reactive ketones (excluding diaryl/α,β-unsaturated/α-hetero) is 2. The number of benzene rings is 3. The highest BCUT2D eigenvalue weighted by atomic mass is 19.1. The van der Waals surface area contributed by atoms with Gasteiger partial charge in [0.1, 0.15) is 5.82 Å². The predicted octanol–water partition coefficient (Wildman–Crippen LogP) is 4.08. The van der Waals surface area contributed by atoms with Crippen LogP contribution in [0.1, 0.15) is 44.9 Å². The Morgan fingerprint density at radius 2 is 1.43 bits per heavy atom. The van der Waals surface area contributed by atoms with E-state index in [0.717, 1.165) is 10.5 Å². The van der Waals surface area contributed by atoms with Crippen LogP contribution in [0.25, 0.3) is 0 Å². The van der Waals surface area contributed by atoms with Crippen LogP contribution in [0.15, 0.2) is 72.8 Å². The summed E-state index contributed by atoms with van der Waals surface area (Å²) < 4.78 is 19.9. The number of amides is 2. The molecule has 0 bridgehead atoms. The van der Waals surface area contributed by atoms with Crippen molar-refractivity contribution >= 4 is 29.1 Å². The van der Waals surface area contributed by atoms with Gasteiger partial charge in [0, 0.05) is 11.1 Å². The van der Waals surface area contributed by atoms with E-state index in [1.165, 1.54) is 36.4 Å². The van der Waals surface area contributed by atoms with Crippen molar-refractivity contribution in [3.63, 3.8) is 0 Å². The SMILES string of the molecule is CCc1ccccc1N1C(=O)[C@@H]2[C@H](c3ccc(F)cc3)OC3(C(=O)c4ccccc4C3=O)[C@H]2C1=O. The molecule has 3 atom stereocenters. The highest BCUT2D eigenvalue weighted by molar-refractivity contribution is 6.37. The van der Waals surface area contributed by atoms with E-state index < -0.39 is 52.7 Å². The monoisotopic (exact) mass is 469 g/mol. The van der Waals surface area contributed by atoms with E-state index >= 15 is 0 Å². The Hall–Kier alpha value is -3.97. The Balaban J connectivity index is 1.55. The fourth-order valence-electron chi connectivity index (χ4n) is 5.74. The molecule has 2 amide bonds. The molecule has 6 rings (SSSR count). The van der Waals surface area contributed by atoms with Crippen molar-refractivity contribution in [1.29, 1.82) is 0 Å². The second-order valence-corrected chi connectivity index (χ2v) is 9.03. The van der Waals surface area contributed by atoms with Crippen LogP contribution < -0.4 is 4.90 Å². The number of nitrogens with zero attached hydrogens (tertiary/aromatic N) is 1. The number of carbonyl (C=O) groups is 4. The van der Waals surface area contributed by atoms with Crippen molar-refractivity contribution in [2.24, 2.45) is 11.8 Å². The van der Waals surface area contributed by atoms with E-state index in [1.54, 1.807) is 24.3 Å². The number of para-hydroxylation sites is 1. The van der Waals surface area contributed by atoms with E-state index in [9.17, 15) is 23.6 Å². The van der Waals surface area contributed by atoms with E-state index in [4.69, 9.17) is 4.74 Å². The molecular formula is C28H20FNO5. The summed E-state index contributed by atoms with van der Waals surface area (Å²) in [6, 6.07) is 18.7. The summed E-state index contributed by atoms with van der Waals surface area (Å²) in [5, 5.41) is 0. The molecule has 6 nitrogen and oxygen atoms in total. The van der Waals surface area contributed by atoms with Gasteiger partial charge in [-0.05, 0) is 35.7 Å². The molecule has 0 saturated carbocycles. The van der Waals surface area contributed by atoms with Crippen LogP contribution in [-0.4, -0.2) is 29.0 Å². The highest BCUT2D eigenvalue weighted by Crippen LogP contribution is 2.57. The fourth-order valence-corrected chi connectivity index (χ4v) is 5.74. The standard InChI is InChI=1S/C28H20FNO5/c1-2-15-7-3-6-10-20(15)30-26(33)21-22(27(30)34)28(35-23(21)16-11-13-17(29)14-12-16)24(31)18-8-4-5-9-19(18)25(28)32/h3-14,21-23H,2H2,1H3/t21-,22+,23-/m0/s1. The summed E-state index contributed by atoms with van der Waals surface area (Å²) in [5.41, 5.74) is -0.164. The summed E-state index contributed by atoms with van der Waals surface area (Å²) in [7, 11) is 0. The van der Waals surface area contributed by atoms with Crippen molar-refractivity contribution in [3.05, 3.63) is 101 Å². The molecule has 2 heterocycles. The van der Waals surface area contributed by atoms with E-state index in [2.05, 4.69) is 0 Å². The molecule has 1 aliphatic carbocycles. The first-order valence-electron chi connectivity index (χ1n) is 11.5. The van der Waals surface area contributed by atoms with Crippen LogP contribution in [0.2, 0.25) is 0 Å². The number of halogens is 1. The second kappa shape index (κ2) is 7.52. The molecule has 3 aromatic rings. The van der Waals surface area contributed by atoms with E-state index in [-0.39, 0.29) is 11.1 Å². The van der Waals surface area contributed by atoms with Crippen LogP contribution in [0.5, 0.6) is 0 Å². The third-order valence-electron chi connectivity index (χ3n) is 7.33. The second-order valence-electron chi connectivity index (χ2n) is 9.03.